The third kappa shape index (κ3) is 3.79. The van der Waals surface area contributed by atoms with E-state index in [0.717, 1.165) is 38.5 Å². The summed E-state index contributed by atoms with van der Waals surface area (Å²) in [5, 5.41) is 14.3. The number of nitrogen functional groups attached to an aromatic ring is 2. The van der Waals surface area contributed by atoms with Crippen LogP contribution in [0.1, 0.15) is 11.1 Å². The summed E-state index contributed by atoms with van der Waals surface area (Å²) in [6.07, 6.45) is 1.90. The third-order valence-corrected chi connectivity index (χ3v) is 6.82. The van der Waals surface area contributed by atoms with Gasteiger partial charge in [0.05, 0.1) is 6.42 Å². The fourth-order valence-electron chi connectivity index (χ4n) is 4.19. The summed E-state index contributed by atoms with van der Waals surface area (Å²) in [7, 11) is 0. The molecular formula is C25H20ClN3O2S. The molecule has 160 valence electrons. The first-order valence-electron chi connectivity index (χ1n) is 10.0. The van der Waals surface area contributed by atoms with Gasteiger partial charge < -0.3 is 21.1 Å². The predicted molar refractivity (Wildman–Crippen MR) is 133 cm³/mol. The summed E-state index contributed by atoms with van der Waals surface area (Å²) in [5.41, 5.74) is 18.0. The molecule has 5 rings (SSSR count). The Hall–Kier alpha value is -3.48. The quantitative estimate of drug-likeness (QED) is 0.279. The van der Waals surface area contributed by atoms with Crippen LogP contribution in [0.25, 0.3) is 32.1 Å². The lowest BCUT2D eigenvalue weighted by Gasteiger charge is -2.09. The summed E-state index contributed by atoms with van der Waals surface area (Å²) >= 11 is 7.91. The van der Waals surface area contributed by atoms with E-state index in [2.05, 4.69) is 16.0 Å². The van der Waals surface area contributed by atoms with Crippen molar-refractivity contribution >= 4 is 61.3 Å². The summed E-state index contributed by atoms with van der Waals surface area (Å²) in [6, 6.07) is 17.4. The number of carboxylic acids is 1. The van der Waals surface area contributed by atoms with Crippen LogP contribution in [0.2, 0.25) is 5.02 Å². The highest BCUT2D eigenvalue weighted by atomic mass is 35.5. The average Bonchev–Trinajstić information content (AvgIpc) is 3.28. The highest BCUT2D eigenvalue weighted by Gasteiger charge is 2.15. The van der Waals surface area contributed by atoms with Crippen LogP contribution in [0, 0.1) is 0 Å². The number of fused-ring (bicyclic) bond motifs is 2. The number of halogens is 1. The van der Waals surface area contributed by atoms with Crippen molar-refractivity contribution in [2.75, 3.05) is 11.5 Å². The van der Waals surface area contributed by atoms with Crippen molar-refractivity contribution in [3.05, 3.63) is 82.3 Å². The normalized spacial score (nSPS) is 11.4. The Morgan fingerprint density at radius 2 is 1.72 bits per heavy atom. The lowest BCUT2D eigenvalue weighted by atomic mass is 10.0. The summed E-state index contributed by atoms with van der Waals surface area (Å²) in [6.45, 7) is 0.610. The van der Waals surface area contributed by atoms with Crippen LogP contribution < -0.4 is 11.5 Å². The van der Waals surface area contributed by atoms with Crippen LogP contribution in [0.3, 0.4) is 0 Å². The first-order valence-corrected chi connectivity index (χ1v) is 11.3. The third-order valence-electron chi connectivity index (χ3n) is 5.57. The smallest absolute Gasteiger partial charge is 0.307 e. The van der Waals surface area contributed by atoms with E-state index in [4.69, 9.17) is 23.1 Å². The van der Waals surface area contributed by atoms with Crippen molar-refractivity contribution in [2.24, 2.45) is 0 Å². The minimum absolute atomic E-state index is 0.0374. The summed E-state index contributed by atoms with van der Waals surface area (Å²) in [5.74, 6) is -0.857. The van der Waals surface area contributed by atoms with E-state index < -0.39 is 5.97 Å². The van der Waals surface area contributed by atoms with E-state index in [-0.39, 0.29) is 6.42 Å². The number of hydrogen-bond donors (Lipinski definition) is 3. The van der Waals surface area contributed by atoms with Gasteiger partial charge in [0, 0.05) is 44.7 Å². The lowest BCUT2D eigenvalue weighted by Crippen LogP contribution is -2.00. The Kier molecular flexibility index (Phi) is 5.04. The van der Waals surface area contributed by atoms with Crippen molar-refractivity contribution in [3.63, 3.8) is 0 Å². The summed E-state index contributed by atoms with van der Waals surface area (Å²) < 4.78 is 3.28. The van der Waals surface area contributed by atoms with Crippen molar-refractivity contribution in [2.45, 2.75) is 13.0 Å². The fraction of sp³-hybridized carbons (Fsp3) is 0.0800. The van der Waals surface area contributed by atoms with Gasteiger partial charge in [0.25, 0.3) is 0 Å². The van der Waals surface area contributed by atoms with Gasteiger partial charge in [-0.2, -0.15) is 0 Å². The van der Waals surface area contributed by atoms with Gasteiger partial charge >= 0.3 is 5.97 Å². The molecule has 5 N–H and O–H groups in total. The van der Waals surface area contributed by atoms with Gasteiger partial charge in [0.2, 0.25) is 0 Å². The van der Waals surface area contributed by atoms with Crippen LogP contribution in [-0.4, -0.2) is 15.6 Å². The molecule has 0 unspecified atom stereocenters. The molecule has 32 heavy (non-hydrogen) atoms. The van der Waals surface area contributed by atoms with E-state index >= 15 is 0 Å². The number of hydrogen-bond acceptors (Lipinski definition) is 4. The van der Waals surface area contributed by atoms with E-state index in [1.54, 1.807) is 17.4 Å². The number of aliphatic carboxylic acids is 1. The van der Waals surface area contributed by atoms with E-state index in [0.29, 0.717) is 22.9 Å². The molecule has 0 saturated heterocycles. The molecule has 3 aromatic carbocycles. The molecule has 0 fully saturated rings. The van der Waals surface area contributed by atoms with E-state index in [9.17, 15) is 9.90 Å². The molecule has 2 aromatic heterocycles. The van der Waals surface area contributed by atoms with Crippen molar-refractivity contribution in [1.29, 1.82) is 0 Å². The molecule has 0 atom stereocenters. The zero-order valence-electron chi connectivity index (χ0n) is 17.0. The Bertz CT molecular complexity index is 1480. The van der Waals surface area contributed by atoms with Crippen molar-refractivity contribution in [3.8, 4) is 11.1 Å². The zero-order valence-corrected chi connectivity index (χ0v) is 18.6. The standard InChI is InChI=1S/C25H20ClN3O2S/c26-18-2-4-24-22(9-18)17(13-32-24)12-29-11-16(8-25(30)31)21-3-1-14(7-23(21)29)15-5-19(27)10-20(28)6-15/h1-7,9-11,13H,8,12,27-28H2,(H,30,31). The van der Waals surface area contributed by atoms with Gasteiger partial charge in [-0.15, -0.1) is 11.3 Å². The fourth-order valence-corrected chi connectivity index (χ4v) is 5.29. The van der Waals surface area contributed by atoms with Gasteiger partial charge in [-0.25, -0.2) is 0 Å². The maximum Gasteiger partial charge on any atom is 0.307 e. The van der Waals surface area contributed by atoms with Crippen LogP contribution in [0.4, 0.5) is 11.4 Å². The Labute approximate surface area is 193 Å². The van der Waals surface area contributed by atoms with Gasteiger partial charge in [0.1, 0.15) is 0 Å². The van der Waals surface area contributed by atoms with E-state index in [1.165, 1.54) is 4.70 Å². The topological polar surface area (TPSA) is 94.3 Å². The second-order valence-electron chi connectivity index (χ2n) is 7.87. The number of aromatic nitrogens is 1. The van der Waals surface area contributed by atoms with Crippen LogP contribution in [0.5, 0.6) is 0 Å². The number of benzene rings is 3. The Morgan fingerprint density at radius 3 is 2.47 bits per heavy atom. The molecule has 0 amide bonds. The monoisotopic (exact) mass is 461 g/mol. The van der Waals surface area contributed by atoms with E-state index in [1.807, 2.05) is 48.7 Å². The molecule has 0 aliphatic carbocycles. The molecule has 0 aliphatic rings. The number of nitrogens with zero attached hydrogens (tertiary/aromatic N) is 1. The van der Waals surface area contributed by atoms with Gasteiger partial charge in [-0.3, -0.25) is 4.79 Å². The maximum atomic E-state index is 11.5. The Morgan fingerprint density at radius 1 is 0.938 bits per heavy atom. The number of rotatable bonds is 5. The number of anilines is 2. The first kappa shape index (κ1) is 20.4. The van der Waals surface area contributed by atoms with Crippen molar-refractivity contribution < 1.29 is 9.90 Å². The molecule has 0 bridgehead atoms. The number of thiophene rings is 1. The predicted octanol–water partition coefficient (Wildman–Crippen LogP) is 6.02. The maximum absolute atomic E-state index is 11.5. The second-order valence-corrected chi connectivity index (χ2v) is 9.22. The molecule has 0 saturated carbocycles. The minimum Gasteiger partial charge on any atom is -0.481 e. The average molecular weight is 462 g/mol. The molecule has 5 nitrogen and oxygen atoms in total. The molecule has 5 aromatic rings. The van der Waals surface area contributed by atoms with Crippen LogP contribution in [0.15, 0.2) is 66.2 Å². The van der Waals surface area contributed by atoms with Crippen LogP contribution in [-0.2, 0) is 17.8 Å². The minimum atomic E-state index is -0.857. The second kappa shape index (κ2) is 7.89. The highest BCUT2D eigenvalue weighted by molar-refractivity contribution is 7.17. The largest absolute Gasteiger partial charge is 0.481 e. The first-order chi connectivity index (χ1) is 15.4. The lowest BCUT2D eigenvalue weighted by molar-refractivity contribution is -0.136. The zero-order chi connectivity index (χ0) is 22.4. The van der Waals surface area contributed by atoms with Gasteiger partial charge in [-0.05, 0) is 75.5 Å². The molecule has 0 radical (unpaired) electrons. The van der Waals surface area contributed by atoms with Gasteiger partial charge in [-0.1, -0.05) is 23.7 Å². The molecule has 0 spiro atoms. The van der Waals surface area contributed by atoms with Crippen molar-refractivity contribution in [1.82, 2.24) is 4.57 Å². The number of carbonyl (C=O) groups is 1. The van der Waals surface area contributed by atoms with Gasteiger partial charge in [0.15, 0.2) is 0 Å². The summed E-state index contributed by atoms with van der Waals surface area (Å²) in [4.78, 5) is 11.5. The number of nitrogens with two attached hydrogens (primary N) is 2. The molecule has 0 aliphatic heterocycles. The Balaban J connectivity index is 1.66. The molecule has 2 heterocycles. The molecule has 7 heteroatoms. The SMILES string of the molecule is Nc1cc(N)cc(-c2ccc3c(CC(=O)O)cn(Cc4csc5ccc(Cl)cc45)c3c2)c1. The highest BCUT2D eigenvalue weighted by Crippen LogP contribution is 2.33. The number of carboxylic acid groups (broad SMARTS) is 1. The van der Waals surface area contributed by atoms with Crippen LogP contribution >= 0.6 is 22.9 Å². The molecular weight excluding hydrogens is 442 g/mol.